The van der Waals surface area contributed by atoms with Crippen LogP contribution in [0.5, 0.6) is 17.2 Å². The van der Waals surface area contributed by atoms with Crippen molar-refractivity contribution >= 4 is 28.6 Å². The Morgan fingerprint density at radius 1 is 1.02 bits per heavy atom. The number of aromatic nitrogens is 1. The summed E-state index contributed by atoms with van der Waals surface area (Å²) in [6.07, 6.45) is 0.109. The number of rotatable bonds is 12. The third-order valence-corrected chi connectivity index (χ3v) is 9.63. The number of ether oxygens (including phenoxy) is 3. The van der Waals surface area contributed by atoms with E-state index in [9.17, 15) is 20.0 Å². The summed E-state index contributed by atoms with van der Waals surface area (Å²) in [6.45, 7) is -0.582. The van der Waals surface area contributed by atoms with Gasteiger partial charge in [0.15, 0.2) is 11.5 Å². The molecule has 2 aliphatic rings. The first kappa shape index (κ1) is 34.8. The lowest BCUT2D eigenvalue weighted by molar-refractivity contribution is -0.384. The van der Waals surface area contributed by atoms with E-state index in [4.69, 9.17) is 19.3 Å². The number of carboxylic acids is 1. The Hall–Kier alpha value is -5.08. The average Bonchev–Trinajstić information content (AvgIpc) is 3.55. The number of alkyl halides is 3. The Morgan fingerprint density at radius 3 is 2.22 bits per heavy atom. The molecule has 3 heterocycles. The van der Waals surface area contributed by atoms with E-state index < -0.39 is 35.3 Å². The minimum absolute atomic E-state index is 0.0813. The van der Waals surface area contributed by atoms with Gasteiger partial charge in [-0.15, -0.1) is 0 Å². The van der Waals surface area contributed by atoms with E-state index in [0.29, 0.717) is 48.5 Å². The number of hydrogen-bond acceptors (Lipinski definition) is 8. The number of carbonyl (C=O) groups is 1. The van der Waals surface area contributed by atoms with Gasteiger partial charge < -0.3 is 29.0 Å². The highest BCUT2D eigenvalue weighted by Gasteiger charge is 2.59. The van der Waals surface area contributed by atoms with Crippen molar-refractivity contribution in [2.24, 2.45) is 0 Å². The van der Waals surface area contributed by atoms with Gasteiger partial charge in [0.2, 0.25) is 11.4 Å². The van der Waals surface area contributed by atoms with E-state index in [1.165, 1.54) is 43.2 Å². The highest BCUT2D eigenvalue weighted by Crippen LogP contribution is 2.48. The lowest BCUT2D eigenvalue weighted by Gasteiger charge is -2.43. The number of halogens is 3. The summed E-state index contributed by atoms with van der Waals surface area (Å²) in [5, 5.41) is 32.5. The Morgan fingerprint density at radius 2 is 1.66 bits per heavy atom. The number of piperidine rings is 1. The van der Waals surface area contributed by atoms with Gasteiger partial charge in [-0.05, 0) is 61.1 Å². The molecular weight excluding hydrogens is 659 g/mol. The van der Waals surface area contributed by atoms with Crippen molar-refractivity contribution < 1.29 is 47.3 Å². The molecule has 14 heteroatoms. The summed E-state index contributed by atoms with van der Waals surface area (Å²) in [6, 6.07) is 15.2. The first-order chi connectivity index (χ1) is 23.8. The van der Waals surface area contributed by atoms with Crippen LogP contribution in [0.15, 0.2) is 72.9 Å². The largest absolute Gasteiger partial charge is 0.493 e. The Labute approximate surface area is 285 Å². The maximum atomic E-state index is 15.2. The van der Waals surface area contributed by atoms with Crippen molar-refractivity contribution in [3.63, 3.8) is 0 Å². The quantitative estimate of drug-likeness (QED) is 0.0962. The Bertz CT molecular complexity index is 1890. The zero-order chi connectivity index (χ0) is 35.8. The Balaban J connectivity index is 1.30. The van der Waals surface area contributed by atoms with Crippen molar-refractivity contribution in [1.29, 1.82) is 0 Å². The molecule has 0 amide bonds. The van der Waals surface area contributed by atoms with Crippen LogP contribution in [0.4, 0.5) is 18.9 Å². The topological polar surface area (TPSA) is 137 Å². The van der Waals surface area contributed by atoms with Crippen molar-refractivity contribution in [3.8, 4) is 17.2 Å². The van der Waals surface area contributed by atoms with Gasteiger partial charge in [-0.2, -0.15) is 13.2 Å². The SMILES string of the molecule is COc1cc(/C=C/C(=O)O)cc(OC)c1OC1CC2CCC(C1)N2CC(O)(c1cn(Cc2ccccc2)c2cc([N+](=O)[O-])ccc12)C(F)(F)F. The Kier molecular flexibility index (Phi) is 9.51. The number of fused-ring (bicyclic) bond motifs is 3. The van der Waals surface area contributed by atoms with E-state index in [1.807, 2.05) is 6.07 Å². The molecule has 4 aromatic rings. The summed E-state index contributed by atoms with van der Waals surface area (Å²) >= 11 is 0. The van der Waals surface area contributed by atoms with E-state index in [2.05, 4.69) is 0 Å². The lowest BCUT2D eigenvalue weighted by Crippen LogP contribution is -2.56. The van der Waals surface area contributed by atoms with E-state index >= 15 is 13.2 Å². The molecule has 3 unspecified atom stereocenters. The summed E-state index contributed by atoms with van der Waals surface area (Å²) in [7, 11) is 2.87. The fraction of sp³-hybridized carbons (Fsp3) is 0.361. The molecule has 2 N–H and O–H groups in total. The van der Waals surface area contributed by atoms with Crippen LogP contribution in [0.2, 0.25) is 0 Å². The summed E-state index contributed by atoms with van der Waals surface area (Å²) in [4.78, 5) is 23.7. The van der Waals surface area contributed by atoms with Crippen LogP contribution < -0.4 is 14.2 Å². The van der Waals surface area contributed by atoms with Crippen molar-refractivity contribution in [2.75, 3.05) is 20.8 Å². The number of aliphatic hydroxyl groups is 1. The zero-order valence-electron chi connectivity index (χ0n) is 27.3. The average molecular weight is 696 g/mol. The summed E-state index contributed by atoms with van der Waals surface area (Å²) < 4.78 is 64.4. The maximum Gasteiger partial charge on any atom is 0.422 e. The first-order valence-electron chi connectivity index (χ1n) is 16.0. The number of nitrogens with zero attached hydrogens (tertiary/aromatic N) is 3. The molecule has 3 aromatic carbocycles. The predicted octanol–water partition coefficient (Wildman–Crippen LogP) is 6.54. The molecule has 50 heavy (non-hydrogen) atoms. The van der Waals surface area contributed by atoms with E-state index in [1.54, 1.807) is 41.3 Å². The number of carboxylic acid groups (broad SMARTS) is 1. The lowest BCUT2D eigenvalue weighted by atomic mass is 9.89. The molecule has 0 saturated carbocycles. The number of benzene rings is 3. The molecule has 2 fully saturated rings. The van der Waals surface area contributed by atoms with Gasteiger partial charge in [0.1, 0.15) is 6.10 Å². The van der Waals surface area contributed by atoms with Crippen molar-refractivity contribution in [1.82, 2.24) is 9.47 Å². The molecule has 11 nitrogen and oxygen atoms in total. The molecule has 1 aromatic heterocycles. The second kappa shape index (κ2) is 13.7. The van der Waals surface area contributed by atoms with Gasteiger partial charge in [0, 0.05) is 60.5 Å². The smallest absolute Gasteiger partial charge is 0.422 e. The van der Waals surface area contributed by atoms with Crippen molar-refractivity contribution in [3.05, 3.63) is 99.7 Å². The van der Waals surface area contributed by atoms with Crippen LogP contribution >= 0.6 is 0 Å². The molecule has 2 saturated heterocycles. The number of nitro benzene ring substituents is 1. The number of methoxy groups -OCH3 is 2. The number of non-ortho nitro benzene ring substituents is 1. The maximum absolute atomic E-state index is 15.2. The van der Waals surface area contributed by atoms with Gasteiger partial charge >= 0.3 is 12.1 Å². The normalized spacial score (nSPS) is 20.6. The minimum atomic E-state index is -5.08. The molecule has 264 valence electrons. The van der Waals surface area contributed by atoms with E-state index in [0.717, 1.165) is 17.7 Å². The second-order valence-corrected chi connectivity index (χ2v) is 12.7. The van der Waals surface area contributed by atoms with Crippen LogP contribution in [0.3, 0.4) is 0 Å². The van der Waals surface area contributed by atoms with Gasteiger partial charge in [0.05, 0.1) is 24.7 Å². The van der Waals surface area contributed by atoms with Crippen LogP contribution in [-0.4, -0.2) is 75.7 Å². The van der Waals surface area contributed by atoms with Gasteiger partial charge in [0.25, 0.3) is 5.69 Å². The third-order valence-electron chi connectivity index (χ3n) is 9.63. The first-order valence-corrected chi connectivity index (χ1v) is 16.0. The molecule has 6 rings (SSSR count). The van der Waals surface area contributed by atoms with Crippen LogP contribution in [0, 0.1) is 10.1 Å². The fourth-order valence-electron chi connectivity index (χ4n) is 7.25. The standard InChI is InChI=1S/C36H36F3N3O8/c1-48-31-14-23(8-13-33(43)44)15-32(49-2)34(31)50-27-16-24-9-10-25(17-27)41(24)21-35(45,36(37,38)39)29-20-40(19-22-6-4-3-5-7-22)30-18-26(42(46)47)11-12-28(29)30/h3-8,11-15,18,20,24-25,27,45H,9-10,16-17,19,21H2,1-2H3,(H,43,44)/b13-8+. The van der Waals surface area contributed by atoms with E-state index in [-0.39, 0.29) is 40.8 Å². The molecule has 0 spiro atoms. The number of nitro groups is 1. The second-order valence-electron chi connectivity index (χ2n) is 12.7. The van der Waals surface area contributed by atoms with Gasteiger partial charge in [-0.1, -0.05) is 30.3 Å². The molecular formula is C36H36F3N3O8. The van der Waals surface area contributed by atoms with Crippen LogP contribution in [-0.2, 0) is 16.9 Å². The van der Waals surface area contributed by atoms with Crippen LogP contribution in [0.1, 0.15) is 42.4 Å². The van der Waals surface area contributed by atoms with Gasteiger partial charge in [-0.3, -0.25) is 15.0 Å². The predicted molar refractivity (Wildman–Crippen MR) is 177 cm³/mol. The minimum Gasteiger partial charge on any atom is -0.493 e. The molecule has 3 atom stereocenters. The zero-order valence-corrected chi connectivity index (χ0v) is 27.3. The molecule has 0 radical (unpaired) electrons. The highest BCUT2D eigenvalue weighted by atomic mass is 19.4. The molecule has 2 aliphatic heterocycles. The highest BCUT2D eigenvalue weighted by molar-refractivity contribution is 5.87. The summed E-state index contributed by atoms with van der Waals surface area (Å²) in [5.41, 5.74) is -2.43. The molecule has 2 bridgehead atoms. The molecule has 0 aliphatic carbocycles. The van der Waals surface area contributed by atoms with Crippen molar-refractivity contribution in [2.45, 2.75) is 62.2 Å². The number of hydrogen-bond donors (Lipinski definition) is 2. The number of aliphatic carboxylic acids is 1. The van der Waals surface area contributed by atoms with Crippen LogP contribution in [0.25, 0.3) is 17.0 Å². The summed E-state index contributed by atoms with van der Waals surface area (Å²) in [5.74, 6) is -0.206. The van der Waals surface area contributed by atoms with Gasteiger partial charge in [-0.25, -0.2) is 4.79 Å². The third kappa shape index (κ3) is 6.72. The fourth-order valence-corrected chi connectivity index (χ4v) is 7.25. The monoisotopic (exact) mass is 695 g/mol.